The standard InChI is InChI=1S/C22H14BrNO6S/c1-29-15-5-2-12(3-6-15)17(25)10-24-21(27)19(31-22(24)28)8-13-11-30-18-9-14(23)4-7-16(18)20(13)26/h2-9,11H,10H2,1H3/b19-8-. The summed E-state index contributed by atoms with van der Waals surface area (Å²) in [4.78, 5) is 51.2. The zero-order valence-corrected chi connectivity index (χ0v) is 18.5. The Kier molecular flexibility index (Phi) is 5.79. The van der Waals surface area contributed by atoms with Crippen LogP contribution in [0.15, 0.2) is 67.3 Å². The molecule has 0 aliphatic carbocycles. The molecule has 9 heteroatoms. The average molecular weight is 500 g/mol. The van der Waals surface area contributed by atoms with E-state index in [4.69, 9.17) is 9.15 Å². The second-order valence-corrected chi connectivity index (χ2v) is 8.49. The summed E-state index contributed by atoms with van der Waals surface area (Å²) in [5.41, 5.74) is 0.566. The lowest BCUT2D eigenvalue weighted by atomic mass is 10.1. The molecule has 1 aromatic heterocycles. The van der Waals surface area contributed by atoms with Crippen molar-refractivity contribution in [2.45, 2.75) is 0 Å². The predicted octanol–water partition coefficient (Wildman–Crippen LogP) is 4.48. The summed E-state index contributed by atoms with van der Waals surface area (Å²) in [6, 6.07) is 11.4. The Hall–Kier alpha value is -3.17. The first-order valence-electron chi connectivity index (χ1n) is 9.01. The SMILES string of the molecule is COc1ccc(C(=O)CN2C(=O)S/C(=C\c3coc4cc(Br)ccc4c3=O)C2=O)cc1. The number of hydrogen-bond donors (Lipinski definition) is 0. The number of methoxy groups -OCH3 is 1. The topological polar surface area (TPSA) is 93.9 Å². The van der Waals surface area contributed by atoms with Crippen LogP contribution in [-0.2, 0) is 4.79 Å². The van der Waals surface area contributed by atoms with Gasteiger partial charge in [-0.1, -0.05) is 15.9 Å². The fourth-order valence-corrected chi connectivity index (χ4v) is 4.18. The van der Waals surface area contributed by atoms with E-state index in [1.165, 1.54) is 19.4 Å². The van der Waals surface area contributed by atoms with Crippen molar-refractivity contribution in [2.75, 3.05) is 13.7 Å². The molecule has 0 saturated carbocycles. The minimum absolute atomic E-state index is 0.0521. The molecular weight excluding hydrogens is 486 g/mol. The van der Waals surface area contributed by atoms with Crippen molar-refractivity contribution >= 4 is 61.7 Å². The maximum Gasteiger partial charge on any atom is 0.293 e. The summed E-state index contributed by atoms with van der Waals surface area (Å²) in [6.07, 6.45) is 2.56. The summed E-state index contributed by atoms with van der Waals surface area (Å²) in [5.74, 6) is -0.429. The Morgan fingerprint density at radius 3 is 2.61 bits per heavy atom. The van der Waals surface area contributed by atoms with Crippen LogP contribution in [0.3, 0.4) is 0 Å². The minimum atomic E-state index is -0.632. The van der Waals surface area contributed by atoms with Crippen molar-refractivity contribution < 1.29 is 23.5 Å². The van der Waals surface area contributed by atoms with Gasteiger partial charge in [-0.15, -0.1) is 0 Å². The number of carbonyl (C=O) groups excluding carboxylic acids is 3. The number of amides is 2. The molecule has 7 nitrogen and oxygen atoms in total. The highest BCUT2D eigenvalue weighted by atomic mass is 79.9. The van der Waals surface area contributed by atoms with Crippen LogP contribution < -0.4 is 10.2 Å². The van der Waals surface area contributed by atoms with Crippen molar-refractivity contribution in [2.24, 2.45) is 0 Å². The first-order valence-corrected chi connectivity index (χ1v) is 10.6. The normalized spacial score (nSPS) is 15.2. The van der Waals surface area contributed by atoms with Crippen LogP contribution in [0.25, 0.3) is 17.0 Å². The molecule has 31 heavy (non-hydrogen) atoms. The molecule has 2 aromatic carbocycles. The largest absolute Gasteiger partial charge is 0.497 e. The van der Waals surface area contributed by atoms with Crippen LogP contribution in [0.5, 0.6) is 5.75 Å². The molecule has 2 heterocycles. The van der Waals surface area contributed by atoms with Gasteiger partial charge >= 0.3 is 0 Å². The Morgan fingerprint density at radius 1 is 1.16 bits per heavy atom. The number of benzene rings is 2. The third kappa shape index (κ3) is 4.19. The van der Waals surface area contributed by atoms with Gasteiger partial charge in [-0.2, -0.15) is 0 Å². The molecule has 1 aliphatic rings. The molecule has 1 saturated heterocycles. The van der Waals surface area contributed by atoms with Crippen molar-refractivity contribution in [3.63, 3.8) is 0 Å². The van der Waals surface area contributed by atoms with Gasteiger partial charge < -0.3 is 9.15 Å². The van der Waals surface area contributed by atoms with Crippen LogP contribution >= 0.6 is 27.7 Å². The Morgan fingerprint density at radius 2 is 1.90 bits per heavy atom. The van der Waals surface area contributed by atoms with Gasteiger partial charge in [0.2, 0.25) is 0 Å². The number of imide groups is 1. The molecule has 0 N–H and O–H groups in total. The third-order valence-corrected chi connectivity index (χ3v) is 6.04. The molecule has 156 valence electrons. The molecule has 0 bridgehead atoms. The molecule has 0 atom stereocenters. The summed E-state index contributed by atoms with van der Waals surface area (Å²) < 4.78 is 11.3. The van der Waals surface area contributed by atoms with E-state index in [0.717, 1.165) is 9.37 Å². The van der Waals surface area contributed by atoms with E-state index in [1.807, 2.05) is 0 Å². The molecule has 0 unspecified atom stereocenters. The maximum absolute atomic E-state index is 12.7. The fourth-order valence-electron chi connectivity index (χ4n) is 3.01. The van der Waals surface area contributed by atoms with Gasteiger partial charge in [-0.3, -0.25) is 24.1 Å². The fraction of sp³-hybridized carbons (Fsp3) is 0.0909. The average Bonchev–Trinajstić information content (AvgIpc) is 3.03. The van der Waals surface area contributed by atoms with Crippen molar-refractivity contribution in [3.8, 4) is 5.75 Å². The van der Waals surface area contributed by atoms with Crippen molar-refractivity contribution in [3.05, 3.63) is 79.5 Å². The lowest BCUT2D eigenvalue weighted by molar-refractivity contribution is -0.122. The van der Waals surface area contributed by atoms with Crippen LogP contribution in [0.2, 0.25) is 0 Å². The molecule has 0 radical (unpaired) electrons. The highest BCUT2D eigenvalue weighted by Crippen LogP contribution is 2.32. The maximum atomic E-state index is 12.7. The molecule has 4 rings (SSSR count). The summed E-state index contributed by atoms with van der Waals surface area (Å²) in [5, 5.41) is -0.224. The van der Waals surface area contributed by atoms with Gasteiger partial charge in [-0.25, -0.2) is 0 Å². The summed E-state index contributed by atoms with van der Waals surface area (Å²) in [7, 11) is 1.51. The Bertz CT molecular complexity index is 1310. The molecule has 2 amide bonds. The van der Waals surface area contributed by atoms with E-state index in [-0.39, 0.29) is 21.7 Å². The van der Waals surface area contributed by atoms with Crippen LogP contribution in [-0.4, -0.2) is 35.5 Å². The third-order valence-electron chi connectivity index (χ3n) is 4.64. The second-order valence-electron chi connectivity index (χ2n) is 6.58. The number of ketones is 1. The van der Waals surface area contributed by atoms with E-state index in [0.29, 0.717) is 34.0 Å². The smallest absolute Gasteiger partial charge is 0.293 e. The van der Waals surface area contributed by atoms with E-state index in [2.05, 4.69) is 15.9 Å². The van der Waals surface area contributed by atoms with Crippen LogP contribution in [0, 0.1) is 0 Å². The van der Waals surface area contributed by atoms with Gasteiger partial charge in [0.05, 0.1) is 29.5 Å². The van der Waals surface area contributed by atoms with Gasteiger partial charge in [0.1, 0.15) is 17.6 Å². The molecular formula is C22H14BrNO6S. The molecule has 1 fully saturated rings. The van der Waals surface area contributed by atoms with Gasteiger partial charge in [0.25, 0.3) is 11.1 Å². The first kappa shape index (κ1) is 21.1. The molecule has 0 spiro atoms. The Labute approximate surface area is 188 Å². The highest BCUT2D eigenvalue weighted by Gasteiger charge is 2.36. The van der Waals surface area contributed by atoms with Gasteiger partial charge in [-0.05, 0) is 60.3 Å². The van der Waals surface area contributed by atoms with Crippen LogP contribution in [0.4, 0.5) is 4.79 Å². The first-order chi connectivity index (χ1) is 14.9. The number of rotatable bonds is 5. The number of halogens is 1. The second kappa shape index (κ2) is 8.52. The van der Waals surface area contributed by atoms with Crippen molar-refractivity contribution in [1.29, 1.82) is 0 Å². The zero-order chi connectivity index (χ0) is 22.1. The van der Waals surface area contributed by atoms with Crippen molar-refractivity contribution in [1.82, 2.24) is 4.90 Å². The van der Waals surface area contributed by atoms with Crippen LogP contribution in [0.1, 0.15) is 15.9 Å². The number of ether oxygens (including phenoxy) is 1. The predicted molar refractivity (Wildman–Crippen MR) is 120 cm³/mol. The summed E-state index contributed by atoms with van der Waals surface area (Å²) in [6.45, 7) is -0.394. The van der Waals surface area contributed by atoms with E-state index < -0.39 is 17.7 Å². The zero-order valence-electron chi connectivity index (χ0n) is 16.1. The van der Waals surface area contributed by atoms with Gasteiger partial charge in [0, 0.05) is 10.0 Å². The van der Waals surface area contributed by atoms with E-state index in [1.54, 1.807) is 42.5 Å². The Balaban J connectivity index is 1.58. The van der Waals surface area contributed by atoms with Gasteiger partial charge in [0.15, 0.2) is 11.2 Å². The van der Waals surface area contributed by atoms with E-state index >= 15 is 0 Å². The number of thioether (sulfide) groups is 1. The molecule has 1 aliphatic heterocycles. The number of nitrogens with zero attached hydrogens (tertiary/aromatic N) is 1. The number of fused-ring (bicyclic) bond motifs is 1. The van der Waals surface area contributed by atoms with E-state index in [9.17, 15) is 19.2 Å². The lowest BCUT2D eigenvalue weighted by Crippen LogP contribution is -2.33. The quantitative estimate of drug-likeness (QED) is 0.377. The number of Topliss-reactive ketones (excluding diaryl/α,β-unsaturated/α-hetero) is 1. The number of carbonyl (C=O) groups is 3. The summed E-state index contributed by atoms with van der Waals surface area (Å²) >= 11 is 3.99. The molecule has 3 aromatic rings. The lowest BCUT2D eigenvalue weighted by Gasteiger charge is -2.11. The monoisotopic (exact) mass is 499 g/mol. The number of hydrogen-bond acceptors (Lipinski definition) is 7. The highest BCUT2D eigenvalue weighted by molar-refractivity contribution is 9.10. The minimum Gasteiger partial charge on any atom is -0.497 e.